The van der Waals surface area contributed by atoms with Gasteiger partial charge in [0.05, 0.1) is 12.8 Å². The quantitative estimate of drug-likeness (QED) is 0.788. The highest BCUT2D eigenvalue weighted by molar-refractivity contribution is 9.10. The van der Waals surface area contributed by atoms with Crippen LogP contribution >= 0.6 is 27.3 Å². The monoisotopic (exact) mass is 394 g/mol. The summed E-state index contributed by atoms with van der Waals surface area (Å²) in [5, 5.41) is 8.78. The Morgan fingerprint density at radius 2 is 2.19 bits per heavy atom. The lowest BCUT2D eigenvalue weighted by Gasteiger charge is -2.09. The molecule has 0 unspecified atom stereocenters. The van der Waals surface area contributed by atoms with Crippen LogP contribution < -0.4 is 4.72 Å². The van der Waals surface area contributed by atoms with Gasteiger partial charge in [-0.2, -0.15) is 8.42 Å². The minimum Gasteiger partial charge on any atom is -0.465 e. The van der Waals surface area contributed by atoms with Crippen LogP contribution in [0.2, 0.25) is 0 Å². The van der Waals surface area contributed by atoms with E-state index in [1.807, 2.05) is 0 Å². The first-order valence-electron chi connectivity index (χ1n) is 5.52. The zero-order valence-electron chi connectivity index (χ0n) is 11.2. The first-order valence-corrected chi connectivity index (χ1v) is 8.68. The van der Waals surface area contributed by atoms with Crippen molar-refractivity contribution in [2.45, 2.75) is 11.9 Å². The number of nitrogens with one attached hydrogen (secondary N) is 1. The SMILES string of the molecule is COC(=O)c1scc(C)c1NS(=O)(=O)c1c(Br)nnn1C. The fourth-order valence-corrected chi connectivity index (χ4v) is 4.83. The van der Waals surface area contributed by atoms with Crippen molar-refractivity contribution < 1.29 is 17.9 Å². The van der Waals surface area contributed by atoms with Crippen LogP contribution in [0.25, 0.3) is 0 Å². The van der Waals surface area contributed by atoms with Crippen LogP contribution in [0.15, 0.2) is 15.0 Å². The summed E-state index contributed by atoms with van der Waals surface area (Å²) >= 11 is 4.14. The van der Waals surface area contributed by atoms with Gasteiger partial charge in [0.15, 0.2) is 4.60 Å². The molecule has 8 nitrogen and oxygen atoms in total. The molecule has 0 radical (unpaired) electrons. The minimum absolute atomic E-state index is 0.0880. The second kappa shape index (κ2) is 5.73. The molecule has 114 valence electrons. The molecule has 0 aliphatic carbocycles. The molecule has 2 aromatic heterocycles. The molecule has 0 atom stereocenters. The Labute approximate surface area is 133 Å². The van der Waals surface area contributed by atoms with E-state index < -0.39 is 16.0 Å². The van der Waals surface area contributed by atoms with Crippen molar-refractivity contribution in [3.05, 3.63) is 20.4 Å². The van der Waals surface area contributed by atoms with Crippen molar-refractivity contribution >= 4 is 48.9 Å². The van der Waals surface area contributed by atoms with Gasteiger partial charge in [0.1, 0.15) is 4.88 Å². The van der Waals surface area contributed by atoms with Crippen LogP contribution in [-0.2, 0) is 21.8 Å². The van der Waals surface area contributed by atoms with Crippen LogP contribution in [0, 0.1) is 6.92 Å². The molecule has 0 aromatic carbocycles. The first kappa shape index (κ1) is 15.9. The Kier molecular flexibility index (Phi) is 4.35. The molecule has 0 bridgehead atoms. The summed E-state index contributed by atoms with van der Waals surface area (Å²) in [6, 6.07) is 0. The number of nitrogens with zero attached hydrogens (tertiary/aromatic N) is 3. The number of anilines is 1. The summed E-state index contributed by atoms with van der Waals surface area (Å²) in [5.74, 6) is -0.604. The van der Waals surface area contributed by atoms with Crippen molar-refractivity contribution in [2.24, 2.45) is 7.05 Å². The Hall–Kier alpha value is -1.46. The maximum atomic E-state index is 12.4. The van der Waals surface area contributed by atoms with Gasteiger partial charge in [-0.25, -0.2) is 9.48 Å². The van der Waals surface area contributed by atoms with Gasteiger partial charge in [-0.1, -0.05) is 5.21 Å². The first-order chi connectivity index (χ1) is 9.77. The van der Waals surface area contributed by atoms with Crippen molar-refractivity contribution in [3.8, 4) is 0 Å². The minimum atomic E-state index is -3.95. The van der Waals surface area contributed by atoms with Gasteiger partial charge in [-0.3, -0.25) is 4.72 Å². The van der Waals surface area contributed by atoms with Gasteiger partial charge >= 0.3 is 5.97 Å². The molecule has 2 rings (SSSR count). The van der Waals surface area contributed by atoms with E-state index in [9.17, 15) is 13.2 Å². The number of carbonyl (C=O) groups excluding carboxylic acids is 1. The molecule has 2 heterocycles. The fourth-order valence-electron chi connectivity index (χ4n) is 1.60. The average molecular weight is 395 g/mol. The molecule has 11 heteroatoms. The molecule has 0 amide bonds. The Morgan fingerprint density at radius 3 is 2.71 bits per heavy atom. The predicted octanol–water partition coefficient (Wildman–Crippen LogP) is 1.53. The number of methoxy groups -OCH3 is 1. The standard InChI is InChI=1S/C10H11BrN4O4S2/c1-5-4-20-7(10(16)19-3)6(5)13-21(17,18)9-8(11)12-14-15(9)2/h4,13H,1-3H3. The number of hydrogen-bond donors (Lipinski definition) is 1. The van der Waals surface area contributed by atoms with Crippen molar-refractivity contribution in [3.63, 3.8) is 0 Å². The van der Waals surface area contributed by atoms with Crippen molar-refractivity contribution in [1.29, 1.82) is 0 Å². The van der Waals surface area contributed by atoms with Gasteiger partial charge < -0.3 is 4.74 Å². The van der Waals surface area contributed by atoms with Crippen LogP contribution in [0.3, 0.4) is 0 Å². The molecule has 0 aliphatic heterocycles. The highest BCUT2D eigenvalue weighted by Gasteiger charge is 2.27. The number of aryl methyl sites for hydroxylation is 2. The van der Waals surface area contributed by atoms with E-state index in [0.29, 0.717) is 5.56 Å². The third-order valence-electron chi connectivity index (χ3n) is 2.57. The summed E-state index contributed by atoms with van der Waals surface area (Å²) in [7, 11) is -1.26. The Morgan fingerprint density at radius 1 is 1.52 bits per heavy atom. The van der Waals surface area contributed by atoms with E-state index in [1.54, 1.807) is 12.3 Å². The lowest BCUT2D eigenvalue weighted by molar-refractivity contribution is 0.0607. The fraction of sp³-hybridized carbons (Fsp3) is 0.300. The zero-order valence-corrected chi connectivity index (χ0v) is 14.5. The maximum absolute atomic E-state index is 12.4. The average Bonchev–Trinajstić information content (AvgIpc) is 2.93. The van der Waals surface area contributed by atoms with Gasteiger partial charge in [0.2, 0.25) is 5.03 Å². The van der Waals surface area contributed by atoms with Crippen molar-refractivity contribution in [2.75, 3.05) is 11.8 Å². The molecular weight excluding hydrogens is 384 g/mol. The molecule has 1 N–H and O–H groups in total. The number of rotatable bonds is 4. The second-order valence-electron chi connectivity index (χ2n) is 4.03. The lowest BCUT2D eigenvalue weighted by atomic mass is 10.3. The number of hydrogen-bond acceptors (Lipinski definition) is 7. The van der Waals surface area contributed by atoms with Gasteiger partial charge in [-0.15, -0.1) is 16.4 Å². The molecule has 0 saturated heterocycles. The van der Waals surface area contributed by atoms with E-state index in [0.717, 1.165) is 16.0 Å². The van der Waals surface area contributed by atoms with Crippen LogP contribution in [0.1, 0.15) is 15.2 Å². The largest absolute Gasteiger partial charge is 0.465 e. The summed E-state index contributed by atoms with van der Waals surface area (Å²) in [5.41, 5.74) is 0.815. The lowest BCUT2D eigenvalue weighted by Crippen LogP contribution is -2.19. The number of ether oxygens (including phenoxy) is 1. The summed E-state index contributed by atoms with van der Waals surface area (Å²) in [4.78, 5) is 11.9. The second-order valence-corrected chi connectivity index (χ2v) is 7.26. The van der Waals surface area contributed by atoms with E-state index in [2.05, 4.69) is 35.7 Å². The van der Waals surface area contributed by atoms with E-state index >= 15 is 0 Å². The molecule has 0 spiro atoms. The third kappa shape index (κ3) is 2.94. The van der Waals surface area contributed by atoms with Crippen LogP contribution in [0.5, 0.6) is 0 Å². The van der Waals surface area contributed by atoms with Gasteiger partial charge in [0, 0.05) is 7.05 Å². The normalized spacial score (nSPS) is 11.4. The van der Waals surface area contributed by atoms with Gasteiger partial charge in [0.25, 0.3) is 10.0 Å². The molecular formula is C10H11BrN4O4S2. The van der Waals surface area contributed by atoms with Crippen molar-refractivity contribution in [1.82, 2.24) is 15.0 Å². The molecule has 0 aliphatic rings. The summed E-state index contributed by atoms with van der Waals surface area (Å²) < 4.78 is 33.1. The molecule has 0 saturated carbocycles. The number of thiophene rings is 1. The number of esters is 1. The highest BCUT2D eigenvalue weighted by Crippen LogP contribution is 2.31. The Balaban J connectivity index is 2.47. The number of carbonyl (C=O) groups is 1. The maximum Gasteiger partial charge on any atom is 0.350 e. The molecule has 2 aromatic rings. The van der Waals surface area contributed by atoms with E-state index in [1.165, 1.54) is 14.2 Å². The summed E-state index contributed by atoms with van der Waals surface area (Å²) in [6.45, 7) is 1.69. The molecule has 21 heavy (non-hydrogen) atoms. The highest BCUT2D eigenvalue weighted by atomic mass is 79.9. The topological polar surface area (TPSA) is 103 Å². The van der Waals surface area contributed by atoms with Gasteiger partial charge in [-0.05, 0) is 33.8 Å². The van der Waals surface area contributed by atoms with E-state index in [4.69, 9.17) is 0 Å². The zero-order chi connectivity index (χ0) is 15.8. The van der Waals surface area contributed by atoms with E-state index in [-0.39, 0.29) is 20.2 Å². The third-order valence-corrected chi connectivity index (χ3v) is 5.89. The number of sulfonamides is 1. The summed E-state index contributed by atoms with van der Waals surface area (Å²) in [6.07, 6.45) is 0. The predicted molar refractivity (Wildman–Crippen MR) is 79.9 cm³/mol. The van der Waals surface area contributed by atoms with Crippen LogP contribution in [-0.4, -0.2) is 36.5 Å². The smallest absolute Gasteiger partial charge is 0.350 e. The Bertz CT molecular complexity index is 777. The number of aromatic nitrogens is 3. The number of halogens is 1. The molecule has 0 fully saturated rings. The van der Waals surface area contributed by atoms with Crippen LogP contribution in [0.4, 0.5) is 5.69 Å².